The number of hydrogen-bond acceptors (Lipinski definition) is 8. The number of nitrogens with zero attached hydrogens (tertiary/aromatic N) is 2. The molecule has 0 bridgehead atoms. The molecule has 6 nitrogen and oxygen atoms in total. The molecular formula is C18H18N2O4S2. The molecule has 0 amide bonds. The number of hydrogen-bond donors (Lipinski definition) is 0. The van der Waals surface area contributed by atoms with E-state index in [1.807, 2.05) is 12.1 Å². The third-order valence-corrected chi connectivity index (χ3v) is 5.71. The molecule has 0 atom stereocenters. The molecule has 0 aliphatic heterocycles. The van der Waals surface area contributed by atoms with Gasteiger partial charge in [0.1, 0.15) is 11.5 Å². The molecule has 2 heterocycles. The van der Waals surface area contributed by atoms with Crippen LogP contribution in [0.2, 0.25) is 0 Å². The minimum Gasteiger partial charge on any atom is -0.497 e. The summed E-state index contributed by atoms with van der Waals surface area (Å²) in [5.74, 6) is 1.92. The second-order valence-electron chi connectivity index (χ2n) is 5.31. The van der Waals surface area contributed by atoms with E-state index in [1.54, 1.807) is 32.4 Å². The van der Waals surface area contributed by atoms with Gasteiger partial charge < -0.3 is 13.9 Å². The fraction of sp³-hybridized carbons (Fsp3) is 0.278. The molecule has 0 spiro atoms. The normalized spacial score (nSPS) is 10.7. The molecule has 0 radical (unpaired) electrons. The number of rotatable bonds is 8. The van der Waals surface area contributed by atoms with Crippen molar-refractivity contribution in [3.05, 3.63) is 40.1 Å². The average molecular weight is 390 g/mol. The van der Waals surface area contributed by atoms with Crippen LogP contribution < -0.4 is 9.47 Å². The minimum atomic E-state index is 0.0579. The van der Waals surface area contributed by atoms with Crippen molar-refractivity contribution in [3.8, 4) is 23.0 Å². The summed E-state index contributed by atoms with van der Waals surface area (Å²) in [5.41, 5.74) is 0.692. The Morgan fingerprint density at radius 1 is 1.15 bits per heavy atom. The SMILES string of the molecule is CCc1ccc(C(=O)CSc2nnc(-c3cc(OC)cc(OC)c3)o2)s1. The van der Waals surface area contributed by atoms with Crippen LogP contribution in [0.25, 0.3) is 11.5 Å². The molecule has 0 aliphatic carbocycles. The van der Waals surface area contributed by atoms with Gasteiger partial charge in [0.05, 0.1) is 24.8 Å². The van der Waals surface area contributed by atoms with Crippen LogP contribution in [-0.4, -0.2) is 36.0 Å². The first-order chi connectivity index (χ1) is 12.6. The van der Waals surface area contributed by atoms with Crippen LogP contribution in [0.3, 0.4) is 0 Å². The summed E-state index contributed by atoms with van der Waals surface area (Å²) in [5, 5.41) is 8.40. The highest BCUT2D eigenvalue weighted by molar-refractivity contribution is 7.99. The van der Waals surface area contributed by atoms with Crippen LogP contribution in [-0.2, 0) is 6.42 Å². The molecule has 1 aromatic carbocycles. The van der Waals surface area contributed by atoms with Gasteiger partial charge >= 0.3 is 0 Å². The van der Waals surface area contributed by atoms with Gasteiger partial charge in [-0.1, -0.05) is 18.7 Å². The number of methoxy groups -OCH3 is 2. The highest BCUT2D eigenvalue weighted by Crippen LogP contribution is 2.30. The average Bonchev–Trinajstić information content (AvgIpc) is 3.35. The summed E-state index contributed by atoms with van der Waals surface area (Å²) in [6.07, 6.45) is 0.933. The molecule has 3 aromatic rings. The van der Waals surface area contributed by atoms with E-state index in [2.05, 4.69) is 17.1 Å². The predicted octanol–water partition coefficient (Wildman–Crippen LogP) is 4.35. The van der Waals surface area contributed by atoms with Gasteiger partial charge in [0.25, 0.3) is 5.22 Å². The number of aromatic nitrogens is 2. The van der Waals surface area contributed by atoms with Gasteiger partial charge in [0.15, 0.2) is 5.78 Å². The summed E-state index contributed by atoms with van der Waals surface area (Å²) < 4.78 is 16.2. The smallest absolute Gasteiger partial charge is 0.277 e. The monoisotopic (exact) mass is 390 g/mol. The van der Waals surface area contributed by atoms with Gasteiger partial charge in [0, 0.05) is 16.5 Å². The summed E-state index contributed by atoms with van der Waals surface area (Å²) >= 11 is 2.76. The van der Waals surface area contributed by atoms with Crippen LogP contribution in [0.15, 0.2) is 40.0 Å². The van der Waals surface area contributed by atoms with Crippen LogP contribution in [0.1, 0.15) is 21.5 Å². The lowest BCUT2D eigenvalue weighted by Crippen LogP contribution is -1.99. The van der Waals surface area contributed by atoms with Crippen molar-refractivity contribution >= 4 is 28.9 Å². The Morgan fingerprint density at radius 2 is 1.88 bits per heavy atom. The topological polar surface area (TPSA) is 74.5 Å². The Hall–Kier alpha value is -2.32. The molecule has 26 heavy (non-hydrogen) atoms. The maximum Gasteiger partial charge on any atom is 0.277 e. The van der Waals surface area contributed by atoms with Crippen LogP contribution in [0.5, 0.6) is 11.5 Å². The quantitative estimate of drug-likeness (QED) is 0.418. The van der Waals surface area contributed by atoms with E-state index in [0.29, 0.717) is 28.2 Å². The van der Waals surface area contributed by atoms with E-state index in [9.17, 15) is 4.79 Å². The predicted molar refractivity (Wildman–Crippen MR) is 102 cm³/mol. The molecule has 136 valence electrons. The van der Waals surface area contributed by atoms with E-state index < -0.39 is 0 Å². The van der Waals surface area contributed by atoms with E-state index in [4.69, 9.17) is 13.9 Å². The van der Waals surface area contributed by atoms with Crippen LogP contribution in [0.4, 0.5) is 0 Å². The van der Waals surface area contributed by atoms with Crippen LogP contribution >= 0.6 is 23.1 Å². The number of ketones is 1. The molecule has 0 saturated carbocycles. The molecule has 0 saturated heterocycles. The zero-order valence-electron chi connectivity index (χ0n) is 14.6. The third kappa shape index (κ3) is 4.25. The number of thiophene rings is 1. The number of carbonyl (C=O) groups excluding carboxylic acids is 1. The number of Topliss-reactive ketones (excluding diaryl/α,β-unsaturated/α-hetero) is 1. The molecule has 2 aromatic heterocycles. The second-order valence-corrected chi connectivity index (χ2v) is 7.40. The van der Waals surface area contributed by atoms with Gasteiger partial charge in [-0.3, -0.25) is 4.79 Å². The lowest BCUT2D eigenvalue weighted by atomic mass is 10.2. The largest absolute Gasteiger partial charge is 0.497 e. The first kappa shape index (κ1) is 18.5. The number of benzene rings is 1. The Labute approximate surface area is 159 Å². The second kappa shape index (κ2) is 8.37. The fourth-order valence-electron chi connectivity index (χ4n) is 2.23. The molecule has 0 unspecified atom stereocenters. The molecule has 0 N–H and O–H groups in total. The van der Waals surface area contributed by atoms with Gasteiger partial charge in [0.2, 0.25) is 5.89 Å². The van der Waals surface area contributed by atoms with Crippen LogP contribution in [0, 0.1) is 0 Å². The van der Waals surface area contributed by atoms with E-state index in [1.165, 1.54) is 28.0 Å². The Kier molecular flexibility index (Phi) is 5.95. The summed E-state index contributed by atoms with van der Waals surface area (Å²) in [6, 6.07) is 9.19. The zero-order chi connectivity index (χ0) is 18.5. The molecule has 0 fully saturated rings. The molecular weight excluding hydrogens is 372 g/mol. The lowest BCUT2D eigenvalue weighted by Gasteiger charge is -2.05. The highest BCUT2D eigenvalue weighted by atomic mass is 32.2. The third-order valence-electron chi connectivity index (χ3n) is 3.62. The van der Waals surface area contributed by atoms with Crippen molar-refractivity contribution in [2.75, 3.05) is 20.0 Å². The van der Waals surface area contributed by atoms with E-state index >= 15 is 0 Å². The van der Waals surface area contributed by atoms with Gasteiger partial charge in [-0.25, -0.2) is 0 Å². The van der Waals surface area contributed by atoms with Crippen molar-refractivity contribution in [2.45, 2.75) is 18.6 Å². The van der Waals surface area contributed by atoms with Crippen molar-refractivity contribution < 1.29 is 18.7 Å². The van der Waals surface area contributed by atoms with Gasteiger partial charge in [-0.15, -0.1) is 21.5 Å². The van der Waals surface area contributed by atoms with Gasteiger partial charge in [-0.05, 0) is 30.7 Å². The Bertz CT molecular complexity index is 882. The Morgan fingerprint density at radius 3 is 2.50 bits per heavy atom. The van der Waals surface area contributed by atoms with Crippen molar-refractivity contribution in [1.82, 2.24) is 10.2 Å². The summed E-state index contributed by atoms with van der Waals surface area (Å²) in [7, 11) is 3.15. The number of aryl methyl sites for hydroxylation is 1. The van der Waals surface area contributed by atoms with Gasteiger partial charge in [-0.2, -0.15) is 0 Å². The summed E-state index contributed by atoms with van der Waals surface area (Å²) in [4.78, 5) is 14.2. The Balaban J connectivity index is 1.69. The van der Waals surface area contributed by atoms with Crippen molar-refractivity contribution in [2.24, 2.45) is 0 Å². The van der Waals surface area contributed by atoms with E-state index in [-0.39, 0.29) is 11.5 Å². The molecule has 8 heteroatoms. The fourth-order valence-corrected chi connectivity index (χ4v) is 3.85. The zero-order valence-corrected chi connectivity index (χ0v) is 16.3. The molecule has 0 aliphatic rings. The first-order valence-electron chi connectivity index (χ1n) is 7.94. The minimum absolute atomic E-state index is 0.0579. The number of ether oxygens (including phenoxy) is 2. The first-order valence-corrected chi connectivity index (χ1v) is 9.74. The van der Waals surface area contributed by atoms with Crippen molar-refractivity contribution in [3.63, 3.8) is 0 Å². The lowest BCUT2D eigenvalue weighted by molar-refractivity contribution is 0.102. The summed E-state index contributed by atoms with van der Waals surface area (Å²) in [6.45, 7) is 2.07. The highest BCUT2D eigenvalue weighted by Gasteiger charge is 2.15. The van der Waals surface area contributed by atoms with Crippen molar-refractivity contribution in [1.29, 1.82) is 0 Å². The number of carbonyl (C=O) groups is 1. The maximum atomic E-state index is 12.3. The number of thioether (sulfide) groups is 1. The maximum absolute atomic E-state index is 12.3. The standard InChI is InChI=1S/C18H18N2O4S2/c1-4-14-5-6-16(26-14)15(21)10-25-18-20-19-17(24-18)11-7-12(22-2)9-13(8-11)23-3/h5-9H,4,10H2,1-3H3. The molecule has 3 rings (SSSR count). The van der Waals surface area contributed by atoms with E-state index in [0.717, 1.165) is 11.3 Å².